The van der Waals surface area contributed by atoms with Crippen molar-refractivity contribution in [2.24, 2.45) is 4.99 Å². The van der Waals surface area contributed by atoms with E-state index < -0.39 is 6.09 Å². The summed E-state index contributed by atoms with van der Waals surface area (Å²) in [5.74, 6) is -0.135. The standard InChI is InChI=1S/C11H17NO4/c1-3-10(13)8(2)12-11(14)16-9-4-6-15-7-5-9/h9H,3-7H2,1-2H3. The fourth-order valence-corrected chi connectivity index (χ4v) is 1.42. The van der Waals surface area contributed by atoms with Crippen LogP contribution in [0.2, 0.25) is 0 Å². The van der Waals surface area contributed by atoms with Crippen LogP contribution in [0.1, 0.15) is 33.1 Å². The third-order valence-corrected chi connectivity index (χ3v) is 2.42. The van der Waals surface area contributed by atoms with Gasteiger partial charge in [-0.15, -0.1) is 0 Å². The summed E-state index contributed by atoms with van der Waals surface area (Å²) in [6.45, 7) is 4.46. The predicted octanol–water partition coefficient (Wildman–Crippen LogP) is 1.74. The van der Waals surface area contributed by atoms with E-state index in [0.717, 1.165) is 0 Å². The summed E-state index contributed by atoms with van der Waals surface area (Å²) in [4.78, 5) is 26.1. The molecule has 90 valence electrons. The van der Waals surface area contributed by atoms with Gasteiger partial charge in [-0.1, -0.05) is 6.92 Å². The Hall–Kier alpha value is -1.23. The van der Waals surface area contributed by atoms with E-state index in [1.807, 2.05) is 0 Å². The summed E-state index contributed by atoms with van der Waals surface area (Å²) in [5.41, 5.74) is 0.208. The summed E-state index contributed by atoms with van der Waals surface area (Å²) in [5, 5.41) is 0. The summed E-state index contributed by atoms with van der Waals surface area (Å²) < 4.78 is 10.2. The number of ketones is 1. The largest absolute Gasteiger partial charge is 0.444 e. The van der Waals surface area contributed by atoms with Crippen LogP contribution in [0.3, 0.4) is 0 Å². The molecule has 0 aromatic carbocycles. The molecule has 0 unspecified atom stereocenters. The van der Waals surface area contributed by atoms with E-state index in [1.54, 1.807) is 6.92 Å². The molecule has 0 N–H and O–H groups in total. The first kappa shape index (κ1) is 12.8. The van der Waals surface area contributed by atoms with Crippen molar-refractivity contribution in [3.63, 3.8) is 0 Å². The summed E-state index contributed by atoms with van der Waals surface area (Å²) >= 11 is 0. The Morgan fingerprint density at radius 3 is 2.56 bits per heavy atom. The molecule has 16 heavy (non-hydrogen) atoms. The molecule has 0 radical (unpaired) electrons. The van der Waals surface area contributed by atoms with E-state index in [9.17, 15) is 9.59 Å². The van der Waals surface area contributed by atoms with Gasteiger partial charge in [0.25, 0.3) is 0 Å². The average molecular weight is 227 g/mol. The quantitative estimate of drug-likeness (QED) is 0.689. The van der Waals surface area contributed by atoms with Crippen molar-refractivity contribution in [2.75, 3.05) is 13.2 Å². The first-order valence-corrected chi connectivity index (χ1v) is 5.50. The number of amides is 1. The highest BCUT2D eigenvalue weighted by Gasteiger charge is 2.18. The lowest BCUT2D eigenvalue weighted by Crippen LogP contribution is -2.25. The second-order valence-electron chi connectivity index (χ2n) is 3.67. The summed E-state index contributed by atoms with van der Waals surface area (Å²) in [6, 6.07) is 0. The molecule has 1 fully saturated rings. The maximum atomic E-state index is 11.3. The first-order valence-electron chi connectivity index (χ1n) is 5.50. The third-order valence-electron chi connectivity index (χ3n) is 2.42. The number of hydrogen-bond acceptors (Lipinski definition) is 4. The number of ether oxygens (including phenoxy) is 2. The molecule has 0 aliphatic carbocycles. The van der Waals surface area contributed by atoms with Gasteiger partial charge < -0.3 is 9.47 Å². The average Bonchev–Trinajstić information content (AvgIpc) is 2.29. The second kappa shape index (κ2) is 6.37. The normalized spacial score (nSPS) is 18.2. The number of rotatable bonds is 3. The van der Waals surface area contributed by atoms with Gasteiger partial charge in [0.05, 0.1) is 18.9 Å². The van der Waals surface area contributed by atoms with Crippen molar-refractivity contribution in [3.05, 3.63) is 0 Å². The van der Waals surface area contributed by atoms with Crippen LogP contribution < -0.4 is 0 Å². The zero-order valence-electron chi connectivity index (χ0n) is 9.69. The van der Waals surface area contributed by atoms with Gasteiger partial charge in [-0.05, 0) is 6.92 Å². The van der Waals surface area contributed by atoms with E-state index in [4.69, 9.17) is 9.47 Å². The van der Waals surface area contributed by atoms with Gasteiger partial charge in [-0.25, -0.2) is 4.79 Å². The van der Waals surface area contributed by atoms with Crippen LogP contribution in [-0.2, 0) is 14.3 Å². The van der Waals surface area contributed by atoms with E-state index >= 15 is 0 Å². The van der Waals surface area contributed by atoms with E-state index in [2.05, 4.69) is 4.99 Å². The number of carbonyl (C=O) groups is 2. The molecule has 1 aliphatic heterocycles. The van der Waals surface area contributed by atoms with Gasteiger partial charge in [0.2, 0.25) is 0 Å². The smallest absolute Gasteiger partial charge is 0.434 e. The monoisotopic (exact) mass is 227 g/mol. The number of nitrogens with zero attached hydrogens (tertiary/aromatic N) is 1. The Labute approximate surface area is 94.8 Å². The van der Waals surface area contributed by atoms with Crippen molar-refractivity contribution in [1.82, 2.24) is 0 Å². The van der Waals surface area contributed by atoms with Gasteiger partial charge in [0.1, 0.15) is 6.10 Å². The molecule has 1 rings (SSSR count). The Morgan fingerprint density at radius 2 is 2.00 bits per heavy atom. The van der Waals surface area contributed by atoms with Gasteiger partial charge in [0, 0.05) is 19.3 Å². The third kappa shape index (κ3) is 4.10. The van der Waals surface area contributed by atoms with Crippen LogP contribution in [0.15, 0.2) is 4.99 Å². The Morgan fingerprint density at radius 1 is 1.38 bits per heavy atom. The highest BCUT2D eigenvalue weighted by molar-refractivity contribution is 6.40. The maximum Gasteiger partial charge on any atom is 0.434 e. The van der Waals surface area contributed by atoms with Crippen LogP contribution in [0.5, 0.6) is 0 Å². The first-order chi connectivity index (χ1) is 7.63. The maximum absolute atomic E-state index is 11.3. The molecule has 1 amide bonds. The van der Waals surface area contributed by atoms with Crippen molar-refractivity contribution in [2.45, 2.75) is 39.2 Å². The van der Waals surface area contributed by atoms with Gasteiger partial charge >= 0.3 is 6.09 Å². The highest BCUT2D eigenvalue weighted by atomic mass is 16.6. The highest BCUT2D eigenvalue weighted by Crippen LogP contribution is 2.11. The zero-order valence-corrected chi connectivity index (χ0v) is 9.69. The summed E-state index contributed by atoms with van der Waals surface area (Å²) in [6.07, 6.45) is 0.935. The van der Waals surface area contributed by atoms with Gasteiger partial charge in [0.15, 0.2) is 5.78 Å². The van der Waals surface area contributed by atoms with Crippen LogP contribution in [0, 0.1) is 0 Å². The lowest BCUT2D eigenvalue weighted by molar-refractivity contribution is -0.112. The van der Waals surface area contributed by atoms with Crippen LogP contribution in [0.25, 0.3) is 0 Å². The molecule has 0 atom stereocenters. The summed E-state index contributed by atoms with van der Waals surface area (Å²) in [7, 11) is 0. The molecule has 0 spiro atoms. The van der Waals surface area contributed by atoms with Crippen LogP contribution >= 0.6 is 0 Å². The van der Waals surface area contributed by atoms with E-state index in [1.165, 1.54) is 6.92 Å². The lowest BCUT2D eigenvalue weighted by atomic mass is 10.2. The number of hydrogen-bond donors (Lipinski definition) is 0. The van der Waals surface area contributed by atoms with Crippen molar-refractivity contribution in [1.29, 1.82) is 0 Å². The number of Topliss-reactive ketones (excluding diaryl/α,β-unsaturated/α-hetero) is 1. The van der Waals surface area contributed by atoms with Gasteiger partial charge in [-0.2, -0.15) is 4.99 Å². The van der Waals surface area contributed by atoms with Gasteiger partial charge in [-0.3, -0.25) is 4.79 Å². The predicted molar refractivity (Wildman–Crippen MR) is 58.7 cm³/mol. The van der Waals surface area contributed by atoms with Crippen LogP contribution in [0.4, 0.5) is 4.79 Å². The van der Waals surface area contributed by atoms with Crippen molar-refractivity contribution >= 4 is 17.6 Å². The number of carbonyl (C=O) groups excluding carboxylic acids is 2. The SMILES string of the molecule is CCC(=O)C(C)=NC(=O)OC1CCOCC1. The van der Waals surface area contributed by atoms with E-state index in [-0.39, 0.29) is 17.6 Å². The minimum Gasteiger partial charge on any atom is -0.444 e. The zero-order chi connectivity index (χ0) is 12.0. The molecule has 1 saturated heterocycles. The molecule has 1 heterocycles. The second-order valence-corrected chi connectivity index (χ2v) is 3.67. The lowest BCUT2D eigenvalue weighted by Gasteiger charge is -2.21. The van der Waals surface area contributed by atoms with Crippen molar-refractivity contribution in [3.8, 4) is 0 Å². The molecule has 0 bridgehead atoms. The molecular formula is C11H17NO4. The van der Waals surface area contributed by atoms with E-state index in [0.29, 0.717) is 32.5 Å². The number of aliphatic imine (C=N–C) groups is 1. The Bertz CT molecular complexity index is 292. The molecule has 0 aromatic heterocycles. The molecule has 5 nitrogen and oxygen atoms in total. The Balaban J connectivity index is 2.42. The molecule has 1 aliphatic rings. The van der Waals surface area contributed by atoms with Crippen molar-refractivity contribution < 1.29 is 19.1 Å². The molecule has 5 heteroatoms. The molecule has 0 aromatic rings. The fraction of sp³-hybridized carbons (Fsp3) is 0.727. The molecular weight excluding hydrogens is 210 g/mol. The van der Waals surface area contributed by atoms with Crippen LogP contribution in [-0.4, -0.2) is 36.9 Å². The fourth-order valence-electron chi connectivity index (χ4n) is 1.42. The topological polar surface area (TPSA) is 65.0 Å². The minimum absolute atomic E-state index is 0.130. The Kier molecular flexibility index (Phi) is 5.11. The minimum atomic E-state index is -0.675. The molecule has 0 saturated carbocycles.